The Balaban J connectivity index is 1.54. The number of hydrogen-bond donors (Lipinski definition) is 0. The summed E-state index contributed by atoms with van der Waals surface area (Å²) in [5.41, 5.74) is 1.70. The lowest BCUT2D eigenvalue weighted by Gasteiger charge is -2.23. The highest BCUT2D eigenvalue weighted by Gasteiger charge is 2.33. The molecule has 0 N–H and O–H groups in total. The minimum Gasteiger partial charge on any atom is -0.329 e. The lowest BCUT2D eigenvalue weighted by atomic mass is 10.2. The highest BCUT2D eigenvalue weighted by molar-refractivity contribution is 5.94. The van der Waals surface area contributed by atoms with Gasteiger partial charge in [-0.3, -0.25) is 4.79 Å². The molecule has 5 heteroatoms. The fourth-order valence-corrected chi connectivity index (χ4v) is 3.08. The fraction of sp³-hybridized carbons (Fsp3) is 0.238. The van der Waals surface area contributed by atoms with Crippen molar-refractivity contribution in [3.63, 3.8) is 0 Å². The van der Waals surface area contributed by atoms with E-state index in [1.54, 1.807) is 18.3 Å². The molecule has 3 aromatic rings. The van der Waals surface area contributed by atoms with Gasteiger partial charge in [0, 0.05) is 30.5 Å². The third-order valence-electron chi connectivity index (χ3n) is 4.65. The van der Waals surface area contributed by atoms with Gasteiger partial charge in [-0.2, -0.15) is 0 Å². The number of halogens is 1. The minimum absolute atomic E-state index is 0.0678. The number of aromatic nitrogens is 2. The predicted octanol–water partition coefficient (Wildman–Crippen LogP) is 3.88. The second kappa shape index (κ2) is 7.12. The van der Waals surface area contributed by atoms with Gasteiger partial charge in [-0.05, 0) is 42.7 Å². The van der Waals surface area contributed by atoms with E-state index in [2.05, 4.69) is 21.7 Å². The van der Waals surface area contributed by atoms with Crippen LogP contribution in [0, 0.1) is 5.82 Å². The van der Waals surface area contributed by atoms with Crippen molar-refractivity contribution in [1.29, 1.82) is 0 Å². The summed E-state index contributed by atoms with van der Waals surface area (Å²) >= 11 is 0. The zero-order valence-electron chi connectivity index (χ0n) is 14.4. The standard InChI is InChI=1S/C21H20FN3O/c22-18-8-6-17(7-9-18)21(26)25(19-10-11-19)15-20-23-12-13-24(20)14-16-4-2-1-3-5-16/h1-9,12-13,19H,10-11,14-15H2. The van der Waals surface area contributed by atoms with Crippen molar-refractivity contribution >= 4 is 5.91 Å². The number of carbonyl (C=O) groups excluding carboxylic acids is 1. The van der Waals surface area contributed by atoms with Crippen LogP contribution < -0.4 is 0 Å². The van der Waals surface area contributed by atoms with Gasteiger partial charge >= 0.3 is 0 Å². The van der Waals surface area contributed by atoms with Crippen LogP contribution in [0.5, 0.6) is 0 Å². The van der Waals surface area contributed by atoms with E-state index in [-0.39, 0.29) is 17.8 Å². The molecule has 0 aliphatic heterocycles. The first-order valence-electron chi connectivity index (χ1n) is 8.81. The number of nitrogens with zero attached hydrogens (tertiary/aromatic N) is 3. The van der Waals surface area contributed by atoms with Crippen LogP contribution in [0.1, 0.15) is 34.6 Å². The van der Waals surface area contributed by atoms with E-state index in [0.29, 0.717) is 12.1 Å². The Morgan fingerprint density at radius 3 is 2.54 bits per heavy atom. The number of rotatable bonds is 6. The summed E-state index contributed by atoms with van der Waals surface area (Å²) in [6, 6.07) is 16.2. The number of amides is 1. The first kappa shape index (κ1) is 16.5. The van der Waals surface area contributed by atoms with Gasteiger partial charge in [-0.15, -0.1) is 0 Å². The van der Waals surface area contributed by atoms with Gasteiger partial charge in [0.1, 0.15) is 11.6 Å². The van der Waals surface area contributed by atoms with E-state index in [1.807, 2.05) is 29.3 Å². The Labute approximate surface area is 151 Å². The van der Waals surface area contributed by atoms with Gasteiger partial charge in [0.25, 0.3) is 5.91 Å². The Kier molecular flexibility index (Phi) is 4.52. The van der Waals surface area contributed by atoms with Crippen LogP contribution in [0.2, 0.25) is 0 Å². The summed E-state index contributed by atoms with van der Waals surface area (Å²) in [5.74, 6) is 0.455. The molecule has 1 fully saturated rings. The molecule has 132 valence electrons. The van der Waals surface area contributed by atoms with Crippen LogP contribution in [0.15, 0.2) is 67.0 Å². The van der Waals surface area contributed by atoms with E-state index in [0.717, 1.165) is 25.2 Å². The molecule has 1 aromatic heterocycles. The van der Waals surface area contributed by atoms with Crippen LogP contribution in [-0.4, -0.2) is 26.4 Å². The van der Waals surface area contributed by atoms with Gasteiger partial charge in [0.05, 0.1) is 6.54 Å². The van der Waals surface area contributed by atoms with Crippen molar-refractivity contribution in [2.45, 2.75) is 32.0 Å². The molecule has 1 amide bonds. The summed E-state index contributed by atoms with van der Waals surface area (Å²) in [5, 5.41) is 0. The third kappa shape index (κ3) is 3.67. The lowest BCUT2D eigenvalue weighted by Crippen LogP contribution is -2.33. The van der Waals surface area contributed by atoms with Crippen LogP contribution in [0.4, 0.5) is 4.39 Å². The van der Waals surface area contributed by atoms with E-state index < -0.39 is 0 Å². The summed E-state index contributed by atoms with van der Waals surface area (Å²) < 4.78 is 15.2. The highest BCUT2D eigenvalue weighted by Crippen LogP contribution is 2.29. The number of carbonyl (C=O) groups is 1. The number of hydrogen-bond acceptors (Lipinski definition) is 2. The van der Waals surface area contributed by atoms with Crippen LogP contribution in [0.25, 0.3) is 0 Å². The molecule has 26 heavy (non-hydrogen) atoms. The summed E-state index contributed by atoms with van der Waals surface area (Å²) in [7, 11) is 0. The van der Waals surface area contributed by atoms with Crippen LogP contribution in [0.3, 0.4) is 0 Å². The van der Waals surface area contributed by atoms with Gasteiger partial charge in [-0.1, -0.05) is 30.3 Å². The molecule has 1 heterocycles. The van der Waals surface area contributed by atoms with Crippen LogP contribution >= 0.6 is 0 Å². The molecule has 0 bridgehead atoms. The maximum absolute atomic E-state index is 13.1. The fourth-order valence-electron chi connectivity index (χ4n) is 3.08. The normalized spacial score (nSPS) is 13.6. The zero-order valence-corrected chi connectivity index (χ0v) is 14.4. The van der Waals surface area contributed by atoms with Gasteiger partial charge in [0.15, 0.2) is 0 Å². The topological polar surface area (TPSA) is 38.1 Å². The second-order valence-electron chi connectivity index (χ2n) is 6.63. The van der Waals surface area contributed by atoms with E-state index in [4.69, 9.17) is 0 Å². The maximum Gasteiger partial charge on any atom is 0.254 e. The average Bonchev–Trinajstić information content (AvgIpc) is 3.42. The third-order valence-corrected chi connectivity index (χ3v) is 4.65. The first-order chi connectivity index (χ1) is 12.7. The maximum atomic E-state index is 13.1. The smallest absolute Gasteiger partial charge is 0.254 e. The summed E-state index contributed by atoms with van der Waals surface area (Å²) in [4.78, 5) is 19.2. The minimum atomic E-state index is -0.335. The monoisotopic (exact) mass is 349 g/mol. The van der Waals surface area contributed by atoms with E-state index >= 15 is 0 Å². The highest BCUT2D eigenvalue weighted by atomic mass is 19.1. The molecule has 1 saturated carbocycles. The Hall–Kier alpha value is -2.95. The largest absolute Gasteiger partial charge is 0.329 e. The van der Waals surface area contributed by atoms with Crippen molar-refractivity contribution in [3.8, 4) is 0 Å². The molecule has 0 atom stereocenters. The van der Waals surface area contributed by atoms with Crippen molar-refractivity contribution in [3.05, 3.63) is 89.8 Å². The quantitative estimate of drug-likeness (QED) is 0.677. The van der Waals surface area contributed by atoms with Crippen molar-refractivity contribution in [2.75, 3.05) is 0 Å². The lowest BCUT2D eigenvalue weighted by molar-refractivity contribution is 0.0723. The van der Waals surface area contributed by atoms with Crippen LogP contribution in [-0.2, 0) is 13.1 Å². The zero-order chi connectivity index (χ0) is 17.9. The summed E-state index contributed by atoms with van der Waals surface area (Å²) in [6.07, 6.45) is 5.72. The molecular weight excluding hydrogens is 329 g/mol. The SMILES string of the molecule is O=C(c1ccc(F)cc1)N(Cc1nccn1Cc1ccccc1)C1CC1. The molecule has 1 aliphatic carbocycles. The molecule has 0 saturated heterocycles. The molecule has 1 aliphatic rings. The Bertz CT molecular complexity index is 885. The average molecular weight is 349 g/mol. The molecule has 4 nitrogen and oxygen atoms in total. The molecule has 2 aromatic carbocycles. The predicted molar refractivity (Wildman–Crippen MR) is 97.1 cm³/mol. The molecular formula is C21H20FN3O. The first-order valence-corrected chi connectivity index (χ1v) is 8.81. The van der Waals surface area contributed by atoms with Crippen molar-refractivity contribution in [2.24, 2.45) is 0 Å². The summed E-state index contributed by atoms with van der Waals surface area (Å²) in [6.45, 7) is 1.18. The molecule has 4 rings (SSSR count). The second-order valence-corrected chi connectivity index (χ2v) is 6.63. The Morgan fingerprint density at radius 2 is 1.85 bits per heavy atom. The van der Waals surface area contributed by atoms with E-state index in [9.17, 15) is 9.18 Å². The molecule has 0 spiro atoms. The van der Waals surface area contributed by atoms with Crippen molar-refractivity contribution < 1.29 is 9.18 Å². The Morgan fingerprint density at radius 1 is 1.12 bits per heavy atom. The number of imidazole rings is 1. The molecule has 0 radical (unpaired) electrons. The number of benzene rings is 2. The van der Waals surface area contributed by atoms with E-state index in [1.165, 1.54) is 17.7 Å². The van der Waals surface area contributed by atoms with Crippen molar-refractivity contribution in [1.82, 2.24) is 14.5 Å². The van der Waals surface area contributed by atoms with Gasteiger partial charge in [0.2, 0.25) is 0 Å². The van der Waals surface area contributed by atoms with Gasteiger partial charge in [-0.25, -0.2) is 9.37 Å². The van der Waals surface area contributed by atoms with Gasteiger partial charge < -0.3 is 9.47 Å². The molecule has 0 unspecified atom stereocenters.